The van der Waals surface area contributed by atoms with E-state index in [0.717, 1.165) is 11.1 Å². The van der Waals surface area contributed by atoms with Crippen molar-refractivity contribution in [3.63, 3.8) is 0 Å². The van der Waals surface area contributed by atoms with Crippen molar-refractivity contribution in [3.05, 3.63) is 132 Å². The number of fused-ring (bicyclic) bond motifs is 1. The molecule has 0 saturated heterocycles. The summed E-state index contributed by atoms with van der Waals surface area (Å²) in [5.74, 6) is 3.45. The molecule has 39 heavy (non-hydrogen) atoms. The number of benzene rings is 4. The summed E-state index contributed by atoms with van der Waals surface area (Å²) < 4.78 is 5.64. The molecule has 0 fully saturated rings. The van der Waals surface area contributed by atoms with Crippen molar-refractivity contribution in [2.24, 2.45) is 5.92 Å². The minimum Gasteiger partial charge on any atom is -0.444 e. The quantitative estimate of drug-likeness (QED) is 0.213. The molecule has 1 N–H and O–H groups in total. The summed E-state index contributed by atoms with van der Waals surface area (Å²) in [4.78, 5) is 13.0. The van der Waals surface area contributed by atoms with E-state index >= 15 is 0 Å². The van der Waals surface area contributed by atoms with Crippen LogP contribution in [0.2, 0.25) is 0 Å². The summed E-state index contributed by atoms with van der Waals surface area (Å²) in [6.45, 7) is 5.62. The number of carbonyl (C=O) groups excluding carboxylic acids is 1. The number of ether oxygens (including phenoxy) is 1. The van der Waals surface area contributed by atoms with Crippen LogP contribution < -0.4 is 20.9 Å². The highest BCUT2D eigenvalue weighted by molar-refractivity contribution is 7.16. The highest BCUT2D eigenvalue weighted by atomic mass is 28.3. The third-order valence-electron chi connectivity index (χ3n) is 6.89. The molecule has 0 saturated carbocycles. The van der Waals surface area contributed by atoms with Crippen LogP contribution in [-0.2, 0) is 4.74 Å². The Hall–Kier alpha value is -4.33. The van der Waals surface area contributed by atoms with Crippen molar-refractivity contribution >= 4 is 35.8 Å². The van der Waals surface area contributed by atoms with E-state index in [1.165, 1.54) is 15.6 Å². The zero-order valence-electron chi connectivity index (χ0n) is 22.6. The van der Waals surface area contributed by atoms with Crippen LogP contribution in [0.3, 0.4) is 0 Å². The summed E-state index contributed by atoms with van der Waals surface area (Å²) in [7, 11) is -2.75. The van der Waals surface area contributed by atoms with Gasteiger partial charge in [-0.3, -0.25) is 0 Å². The second kappa shape index (κ2) is 11.2. The number of hydrogen-bond donors (Lipinski definition) is 1. The standard InChI is InChI=1S/C35H33NO2Si/c1-35(2,3)38-34(37)36-33-28(24-23-27-15-13-14-22-32(27)33)25-26-39(29-16-7-4-8-17-29,30-18-9-5-10-19-30)31-20-11-6-12-21-31/h4-24,28,33H,1-3H3,(H,36,37). The van der Waals surface area contributed by atoms with Crippen LogP contribution in [0.1, 0.15) is 37.9 Å². The predicted molar refractivity (Wildman–Crippen MR) is 163 cm³/mol. The summed E-state index contributed by atoms with van der Waals surface area (Å²) in [6.07, 6.45) is 3.78. The monoisotopic (exact) mass is 527 g/mol. The fourth-order valence-electron chi connectivity index (χ4n) is 5.16. The van der Waals surface area contributed by atoms with Crippen molar-refractivity contribution in [1.29, 1.82) is 0 Å². The van der Waals surface area contributed by atoms with Gasteiger partial charge in [-0.25, -0.2) is 4.79 Å². The lowest BCUT2D eigenvalue weighted by Gasteiger charge is -2.31. The molecule has 194 valence electrons. The smallest absolute Gasteiger partial charge is 0.408 e. The van der Waals surface area contributed by atoms with Gasteiger partial charge in [0.15, 0.2) is 0 Å². The lowest BCUT2D eigenvalue weighted by molar-refractivity contribution is 0.0497. The molecule has 4 heteroatoms. The molecule has 2 unspecified atom stereocenters. The van der Waals surface area contributed by atoms with Crippen LogP contribution in [0.25, 0.3) is 6.08 Å². The average molecular weight is 528 g/mol. The first-order valence-corrected chi connectivity index (χ1v) is 15.3. The molecule has 0 bridgehead atoms. The van der Waals surface area contributed by atoms with E-state index in [9.17, 15) is 4.79 Å². The molecular weight excluding hydrogens is 494 g/mol. The SMILES string of the molecule is CC(C)(C)OC(=O)NC1c2ccccc2C=CC1C#C[Si](c1ccccc1)(c1ccccc1)c1ccccc1. The van der Waals surface area contributed by atoms with E-state index in [2.05, 4.69) is 114 Å². The Balaban J connectivity index is 1.66. The maximum absolute atomic E-state index is 13.0. The zero-order valence-corrected chi connectivity index (χ0v) is 23.6. The maximum Gasteiger partial charge on any atom is 0.408 e. The van der Waals surface area contributed by atoms with Gasteiger partial charge >= 0.3 is 6.09 Å². The number of hydrogen-bond acceptors (Lipinski definition) is 2. The van der Waals surface area contributed by atoms with E-state index in [4.69, 9.17) is 4.74 Å². The highest BCUT2D eigenvalue weighted by Crippen LogP contribution is 2.32. The number of alkyl carbamates (subject to hydrolysis) is 1. The van der Waals surface area contributed by atoms with Gasteiger partial charge in [-0.1, -0.05) is 133 Å². The van der Waals surface area contributed by atoms with Gasteiger partial charge in [0.05, 0.1) is 12.0 Å². The maximum atomic E-state index is 13.0. The number of rotatable bonds is 4. The molecule has 4 aromatic rings. The van der Waals surface area contributed by atoms with E-state index in [-0.39, 0.29) is 12.0 Å². The molecule has 0 aromatic heterocycles. The highest BCUT2D eigenvalue weighted by Gasteiger charge is 2.39. The first-order chi connectivity index (χ1) is 18.9. The molecule has 2 atom stereocenters. The Morgan fingerprint density at radius 2 is 1.23 bits per heavy atom. The van der Waals surface area contributed by atoms with Crippen LogP contribution in [-0.4, -0.2) is 19.8 Å². The predicted octanol–water partition coefficient (Wildman–Crippen LogP) is 5.61. The largest absolute Gasteiger partial charge is 0.444 e. The van der Waals surface area contributed by atoms with Crippen molar-refractivity contribution in [3.8, 4) is 11.5 Å². The Morgan fingerprint density at radius 3 is 1.74 bits per heavy atom. The molecule has 1 amide bonds. The summed E-state index contributed by atoms with van der Waals surface area (Å²) >= 11 is 0. The number of nitrogens with one attached hydrogen (secondary N) is 1. The molecule has 0 radical (unpaired) electrons. The van der Waals surface area contributed by atoms with Gasteiger partial charge in [-0.15, -0.1) is 5.54 Å². The summed E-state index contributed by atoms with van der Waals surface area (Å²) in [6, 6.07) is 39.7. The minimum atomic E-state index is -2.75. The van der Waals surface area contributed by atoms with Crippen LogP contribution in [0, 0.1) is 17.4 Å². The first-order valence-electron chi connectivity index (χ1n) is 13.3. The van der Waals surface area contributed by atoms with E-state index < -0.39 is 19.8 Å². The normalized spacial score (nSPS) is 16.4. The van der Waals surface area contributed by atoms with Gasteiger partial charge < -0.3 is 10.1 Å². The van der Waals surface area contributed by atoms with Gasteiger partial charge in [0.25, 0.3) is 0 Å². The molecule has 0 spiro atoms. The van der Waals surface area contributed by atoms with Gasteiger partial charge in [0.2, 0.25) is 8.07 Å². The lowest BCUT2D eigenvalue weighted by atomic mass is 9.85. The molecule has 4 aromatic carbocycles. The third-order valence-corrected chi connectivity index (χ3v) is 11.0. The van der Waals surface area contributed by atoms with Crippen LogP contribution >= 0.6 is 0 Å². The van der Waals surface area contributed by atoms with Crippen molar-refractivity contribution in [2.45, 2.75) is 32.4 Å². The second-order valence-corrected chi connectivity index (χ2v) is 14.2. The topological polar surface area (TPSA) is 38.3 Å². The molecule has 0 aliphatic heterocycles. The number of amides is 1. The Kier molecular flexibility index (Phi) is 7.54. The average Bonchev–Trinajstić information content (AvgIpc) is 2.95. The Morgan fingerprint density at radius 1 is 0.744 bits per heavy atom. The summed E-state index contributed by atoms with van der Waals surface area (Å²) in [5.41, 5.74) is 5.40. The second-order valence-electron chi connectivity index (χ2n) is 10.8. The van der Waals surface area contributed by atoms with Gasteiger partial charge in [0, 0.05) is 0 Å². The molecule has 3 nitrogen and oxygen atoms in total. The molecule has 0 heterocycles. The van der Waals surface area contributed by atoms with Crippen molar-refractivity contribution in [2.75, 3.05) is 0 Å². The van der Waals surface area contributed by atoms with Crippen molar-refractivity contribution < 1.29 is 9.53 Å². The molecular formula is C35H33NO2Si. The van der Waals surface area contributed by atoms with Crippen LogP contribution in [0.4, 0.5) is 4.79 Å². The van der Waals surface area contributed by atoms with E-state index in [0.29, 0.717) is 0 Å². The summed E-state index contributed by atoms with van der Waals surface area (Å²) in [5, 5.41) is 6.82. The first kappa shape index (κ1) is 26.3. The Labute approximate surface area is 232 Å². The van der Waals surface area contributed by atoms with Crippen LogP contribution in [0.5, 0.6) is 0 Å². The lowest BCUT2D eigenvalue weighted by Crippen LogP contribution is -2.66. The van der Waals surface area contributed by atoms with Crippen molar-refractivity contribution in [1.82, 2.24) is 5.32 Å². The molecule has 1 aliphatic rings. The zero-order chi connectivity index (χ0) is 27.3. The Bertz CT molecular complexity index is 1420. The fourth-order valence-corrected chi connectivity index (χ4v) is 9.06. The van der Waals surface area contributed by atoms with Crippen LogP contribution in [0.15, 0.2) is 121 Å². The minimum absolute atomic E-state index is 0.226. The molecule has 5 rings (SSSR count). The molecule has 1 aliphatic carbocycles. The van der Waals surface area contributed by atoms with Gasteiger partial charge in [-0.2, -0.15) is 0 Å². The fraction of sp³-hybridized carbons (Fsp3) is 0.171. The number of carbonyl (C=O) groups is 1. The van der Waals surface area contributed by atoms with E-state index in [1.54, 1.807) is 0 Å². The third kappa shape index (κ3) is 5.74. The van der Waals surface area contributed by atoms with Gasteiger partial charge in [0.1, 0.15) is 5.60 Å². The van der Waals surface area contributed by atoms with Gasteiger partial charge in [-0.05, 0) is 47.5 Å². The van der Waals surface area contributed by atoms with E-state index in [1.807, 2.05) is 51.1 Å².